The zero-order chi connectivity index (χ0) is 15.9. The van der Waals surface area contributed by atoms with Crippen molar-refractivity contribution in [3.63, 3.8) is 0 Å². The summed E-state index contributed by atoms with van der Waals surface area (Å²) in [7, 11) is 4.20. The van der Waals surface area contributed by atoms with E-state index in [0.29, 0.717) is 11.9 Å². The van der Waals surface area contributed by atoms with Gasteiger partial charge in [-0.1, -0.05) is 23.7 Å². The number of hydrogen-bond donors (Lipinski definition) is 1. The minimum atomic E-state index is 0.359. The van der Waals surface area contributed by atoms with Crippen molar-refractivity contribution in [2.45, 2.75) is 23.6 Å². The monoisotopic (exact) mass is 338 g/mol. The quantitative estimate of drug-likeness (QED) is 0.697. The number of thioether (sulfide) groups is 1. The van der Waals surface area contributed by atoms with E-state index in [2.05, 4.69) is 42.2 Å². The number of hydrogen-bond acceptors (Lipinski definition) is 3. The summed E-state index contributed by atoms with van der Waals surface area (Å²) in [4.78, 5) is 5.43. The van der Waals surface area contributed by atoms with Gasteiger partial charge in [0, 0.05) is 11.4 Å². The Balaban J connectivity index is 2.17. The summed E-state index contributed by atoms with van der Waals surface area (Å²) in [5.74, 6) is 0.931. The maximum absolute atomic E-state index is 6.01. The van der Waals surface area contributed by atoms with Crippen LogP contribution in [0.2, 0.25) is 5.02 Å². The summed E-state index contributed by atoms with van der Waals surface area (Å²) < 4.78 is 5.63. The summed E-state index contributed by atoms with van der Waals surface area (Å²) >= 11 is 7.82. The van der Waals surface area contributed by atoms with Crippen LogP contribution in [0.4, 0.5) is 0 Å². The van der Waals surface area contributed by atoms with Crippen molar-refractivity contribution in [2.75, 3.05) is 27.2 Å². The lowest BCUT2D eigenvalue weighted by molar-refractivity contribution is 0.339. The fourth-order valence-electron chi connectivity index (χ4n) is 2.21. The Labute approximate surface area is 142 Å². The normalized spacial score (nSPS) is 12.6. The molecule has 0 bridgehead atoms. The molecule has 0 saturated heterocycles. The molecule has 1 unspecified atom stereocenters. The number of nitrogens with one attached hydrogen (secondary N) is 1. The number of rotatable bonds is 8. The molecule has 0 spiro atoms. The summed E-state index contributed by atoms with van der Waals surface area (Å²) in [6.07, 6.45) is 2.88. The first-order valence-corrected chi connectivity index (χ1v) is 8.72. The molecule has 0 radical (unpaired) electrons. The van der Waals surface area contributed by atoms with Crippen LogP contribution in [0, 0.1) is 0 Å². The molecule has 0 aliphatic heterocycles. The average Bonchev–Trinajstić information content (AvgIpc) is 2.89. The molecule has 1 atom stereocenters. The van der Waals surface area contributed by atoms with Gasteiger partial charge in [-0.15, -0.1) is 11.8 Å². The SMILES string of the molecule is CCOc1cccc(C(CCN(C)C)Sc2cc(Cl)c[nH]2)c1. The number of aromatic nitrogens is 1. The van der Waals surface area contributed by atoms with E-state index in [4.69, 9.17) is 16.3 Å². The Bertz CT molecular complexity index is 586. The van der Waals surface area contributed by atoms with Gasteiger partial charge in [-0.25, -0.2) is 0 Å². The van der Waals surface area contributed by atoms with E-state index >= 15 is 0 Å². The molecular weight excluding hydrogens is 316 g/mol. The Kier molecular flexibility index (Phi) is 6.68. The highest BCUT2D eigenvalue weighted by molar-refractivity contribution is 7.99. The third-order valence-corrected chi connectivity index (χ3v) is 4.77. The van der Waals surface area contributed by atoms with E-state index in [1.54, 1.807) is 0 Å². The Hall–Kier alpha value is -1.10. The maximum atomic E-state index is 6.01. The predicted octanol–water partition coefficient (Wildman–Crippen LogP) is 4.85. The molecule has 1 aromatic heterocycles. The van der Waals surface area contributed by atoms with Crippen LogP contribution < -0.4 is 4.74 Å². The highest BCUT2D eigenvalue weighted by Crippen LogP contribution is 2.39. The second-order valence-electron chi connectivity index (χ2n) is 5.39. The van der Waals surface area contributed by atoms with Gasteiger partial charge in [-0.2, -0.15) is 0 Å². The minimum Gasteiger partial charge on any atom is -0.494 e. The largest absolute Gasteiger partial charge is 0.494 e. The molecule has 3 nitrogen and oxygen atoms in total. The molecule has 1 N–H and O–H groups in total. The van der Waals surface area contributed by atoms with Crippen molar-refractivity contribution in [2.24, 2.45) is 0 Å². The smallest absolute Gasteiger partial charge is 0.119 e. The average molecular weight is 339 g/mol. The van der Waals surface area contributed by atoms with Gasteiger partial charge >= 0.3 is 0 Å². The van der Waals surface area contributed by atoms with Crippen molar-refractivity contribution < 1.29 is 4.74 Å². The van der Waals surface area contributed by atoms with Crippen LogP contribution >= 0.6 is 23.4 Å². The Morgan fingerprint density at radius 3 is 2.77 bits per heavy atom. The number of nitrogens with zero attached hydrogens (tertiary/aromatic N) is 1. The first-order valence-electron chi connectivity index (χ1n) is 7.46. The second kappa shape index (κ2) is 8.51. The molecule has 0 aliphatic rings. The predicted molar refractivity (Wildman–Crippen MR) is 95.2 cm³/mol. The summed E-state index contributed by atoms with van der Waals surface area (Å²) in [6.45, 7) is 3.72. The number of benzene rings is 1. The van der Waals surface area contributed by atoms with Crippen molar-refractivity contribution in [3.05, 3.63) is 47.1 Å². The fraction of sp³-hybridized carbons (Fsp3) is 0.412. The van der Waals surface area contributed by atoms with Gasteiger partial charge in [-0.05, 0) is 57.7 Å². The van der Waals surface area contributed by atoms with Gasteiger partial charge in [0.25, 0.3) is 0 Å². The van der Waals surface area contributed by atoms with Crippen LogP contribution in [0.3, 0.4) is 0 Å². The van der Waals surface area contributed by atoms with Crippen molar-refractivity contribution >= 4 is 23.4 Å². The molecule has 0 saturated carbocycles. The fourth-order valence-corrected chi connectivity index (χ4v) is 3.57. The lowest BCUT2D eigenvalue weighted by Crippen LogP contribution is -2.15. The van der Waals surface area contributed by atoms with E-state index in [1.807, 2.05) is 37.0 Å². The standard InChI is InChI=1S/C17H23ClN2OS/c1-4-21-15-7-5-6-13(10-15)16(8-9-20(2)3)22-17-11-14(18)12-19-17/h5-7,10-12,16,19H,4,8-9H2,1-3H3. The van der Waals surface area contributed by atoms with E-state index in [0.717, 1.165) is 28.8 Å². The molecule has 22 heavy (non-hydrogen) atoms. The molecule has 2 aromatic rings. The van der Waals surface area contributed by atoms with E-state index in [1.165, 1.54) is 5.56 Å². The Morgan fingerprint density at radius 1 is 1.32 bits per heavy atom. The summed E-state index contributed by atoms with van der Waals surface area (Å²) in [5, 5.41) is 2.20. The highest BCUT2D eigenvalue weighted by atomic mass is 35.5. The van der Waals surface area contributed by atoms with E-state index in [-0.39, 0.29) is 0 Å². The van der Waals surface area contributed by atoms with Gasteiger partial charge in [0.2, 0.25) is 0 Å². The lowest BCUT2D eigenvalue weighted by Gasteiger charge is -2.19. The molecule has 120 valence electrons. The molecule has 1 aromatic carbocycles. The molecule has 0 fully saturated rings. The van der Waals surface area contributed by atoms with Gasteiger partial charge in [0.1, 0.15) is 5.75 Å². The van der Waals surface area contributed by atoms with Crippen LogP contribution in [0.1, 0.15) is 24.2 Å². The molecule has 0 amide bonds. The van der Waals surface area contributed by atoms with Gasteiger partial charge < -0.3 is 14.6 Å². The van der Waals surface area contributed by atoms with Gasteiger partial charge in [0.15, 0.2) is 0 Å². The lowest BCUT2D eigenvalue weighted by atomic mass is 10.1. The first-order chi connectivity index (χ1) is 10.6. The van der Waals surface area contributed by atoms with Crippen LogP contribution in [0.5, 0.6) is 5.75 Å². The van der Waals surface area contributed by atoms with Crippen molar-refractivity contribution in [1.82, 2.24) is 9.88 Å². The summed E-state index contributed by atoms with van der Waals surface area (Å²) in [6, 6.07) is 10.3. The zero-order valence-corrected chi connectivity index (χ0v) is 14.9. The maximum Gasteiger partial charge on any atom is 0.119 e. The first kappa shape index (κ1) is 17.3. The van der Waals surface area contributed by atoms with Crippen LogP contribution in [0.15, 0.2) is 41.6 Å². The van der Waals surface area contributed by atoms with Crippen molar-refractivity contribution in [3.8, 4) is 5.75 Å². The van der Waals surface area contributed by atoms with Gasteiger partial charge in [-0.3, -0.25) is 0 Å². The Morgan fingerprint density at radius 2 is 2.14 bits per heavy atom. The second-order valence-corrected chi connectivity index (χ2v) is 7.07. The summed E-state index contributed by atoms with van der Waals surface area (Å²) in [5.41, 5.74) is 1.28. The minimum absolute atomic E-state index is 0.359. The topological polar surface area (TPSA) is 28.3 Å². The molecule has 0 aliphatic carbocycles. The van der Waals surface area contributed by atoms with Crippen LogP contribution in [-0.4, -0.2) is 37.1 Å². The third-order valence-electron chi connectivity index (χ3n) is 3.27. The molecular formula is C17H23ClN2OS. The number of H-pyrrole nitrogens is 1. The van der Waals surface area contributed by atoms with Gasteiger partial charge in [0.05, 0.1) is 16.7 Å². The van der Waals surface area contributed by atoms with E-state index < -0.39 is 0 Å². The number of ether oxygens (including phenoxy) is 1. The highest BCUT2D eigenvalue weighted by Gasteiger charge is 2.15. The zero-order valence-electron chi connectivity index (χ0n) is 13.3. The number of halogens is 1. The van der Waals surface area contributed by atoms with Crippen LogP contribution in [0.25, 0.3) is 0 Å². The van der Waals surface area contributed by atoms with E-state index in [9.17, 15) is 0 Å². The molecule has 2 rings (SSSR count). The van der Waals surface area contributed by atoms with Crippen LogP contribution in [-0.2, 0) is 0 Å². The third kappa shape index (κ3) is 5.27. The van der Waals surface area contributed by atoms with Crippen molar-refractivity contribution in [1.29, 1.82) is 0 Å². The molecule has 1 heterocycles. The number of aromatic amines is 1. The molecule has 5 heteroatoms.